The molecule has 18 heavy (non-hydrogen) atoms. The molecule has 0 aromatic heterocycles. The van der Waals surface area contributed by atoms with Gasteiger partial charge in [-0.05, 0) is 24.7 Å². The summed E-state index contributed by atoms with van der Waals surface area (Å²) in [5.41, 5.74) is 1.29. The Kier molecular flexibility index (Phi) is 3.39. The summed E-state index contributed by atoms with van der Waals surface area (Å²) in [7, 11) is 2.18. The molecule has 0 aliphatic carbocycles. The molecule has 1 fully saturated rings. The third-order valence-electron chi connectivity index (χ3n) is 3.63. The highest BCUT2D eigenvalue weighted by Crippen LogP contribution is 2.30. The van der Waals surface area contributed by atoms with Gasteiger partial charge in [-0.2, -0.15) is 0 Å². The molecule has 1 aromatic rings. The predicted octanol–water partition coefficient (Wildman–Crippen LogP) is 1.25. The van der Waals surface area contributed by atoms with Gasteiger partial charge in [-0.1, -0.05) is 6.07 Å². The lowest BCUT2D eigenvalue weighted by Gasteiger charge is -2.35. The lowest BCUT2D eigenvalue weighted by Crippen LogP contribution is -2.55. The van der Waals surface area contributed by atoms with E-state index in [1.807, 2.05) is 6.07 Å². The van der Waals surface area contributed by atoms with Crippen LogP contribution in [0.25, 0.3) is 0 Å². The summed E-state index contributed by atoms with van der Waals surface area (Å²) in [6, 6.07) is 6.95. The Bertz CT molecular complexity index is 418. The lowest BCUT2D eigenvalue weighted by molar-refractivity contribution is 0.173. The van der Waals surface area contributed by atoms with Crippen LogP contribution in [0, 0.1) is 0 Å². The molecule has 2 aliphatic heterocycles. The first-order chi connectivity index (χ1) is 8.83. The number of benzene rings is 1. The normalized spacial score (nSPS) is 19.4. The SMILES string of the molecule is CN(Cc1ccc2c(c1)OCCCO2)C1CNC1. The largest absolute Gasteiger partial charge is 0.490 e. The number of hydrogen-bond donors (Lipinski definition) is 1. The van der Waals surface area contributed by atoms with Crippen LogP contribution in [-0.2, 0) is 6.54 Å². The summed E-state index contributed by atoms with van der Waals surface area (Å²) < 4.78 is 11.4. The van der Waals surface area contributed by atoms with Crippen LogP contribution in [0.4, 0.5) is 0 Å². The van der Waals surface area contributed by atoms with E-state index in [0.717, 1.165) is 50.8 Å². The second-order valence-corrected chi connectivity index (χ2v) is 5.06. The third-order valence-corrected chi connectivity index (χ3v) is 3.63. The van der Waals surface area contributed by atoms with Gasteiger partial charge in [0.15, 0.2) is 11.5 Å². The Labute approximate surface area is 108 Å². The summed E-state index contributed by atoms with van der Waals surface area (Å²) >= 11 is 0. The van der Waals surface area contributed by atoms with Crippen molar-refractivity contribution in [1.29, 1.82) is 0 Å². The van der Waals surface area contributed by atoms with Gasteiger partial charge in [0.2, 0.25) is 0 Å². The molecule has 0 amide bonds. The van der Waals surface area contributed by atoms with E-state index in [4.69, 9.17) is 9.47 Å². The predicted molar refractivity (Wildman–Crippen MR) is 70.2 cm³/mol. The highest BCUT2D eigenvalue weighted by atomic mass is 16.5. The van der Waals surface area contributed by atoms with E-state index in [-0.39, 0.29) is 0 Å². The van der Waals surface area contributed by atoms with Crippen LogP contribution in [0.3, 0.4) is 0 Å². The van der Waals surface area contributed by atoms with Crippen LogP contribution >= 0.6 is 0 Å². The highest BCUT2D eigenvalue weighted by molar-refractivity contribution is 5.43. The number of rotatable bonds is 3. The third kappa shape index (κ3) is 2.44. The number of likely N-dealkylation sites (N-methyl/N-ethyl adjacent to an activating group) is 1. The van der Waals surface area contributed by atoms with Crippen molar-refractivity contribution in [3.05, 3.63) is 23.8 Å². The number of fused-ring (bicyclic) bond motifs is 1. The summed E-state index contributed by atoms with van der Waals surface area (Å²) in [4.78, 5) is 2.38. The van der Waals surface area contributed by atoms with E-state index in [9.17, 15) is 0 Å². The van der Waals surface area contributed by atoms with Crippen molar-refractivity contribution in [3.8, 4) is 11.5 Å². The topological polar surface area (TPSA) is 33.7 Å². The Morgan fingerprint density at radius 3 is 2.72 bits per heavy atom. The summed E-state index contributed by atoms with van der Waals surface area (Å²) in [5, 5.41) is 3.30. The molecular formula is C14H20N2O2. The molecule has 4 heteroatoms. The van der Waals surface area contributed by atoms with E-state index < -0.39 is 0 Å². The van der Waals surface area contributed by atoms with Gasteiger partial charge in [0.05, 0.1) is 13.2 Å². The molecule has 1 aromatic carbocycles. The molecule has 0 atom stereocenters. The molecule has 4 nitrogen and oxygen atoms in total. The standard InChI is InChI=1S/C14H20N2O2/c1-16(12-8-15-9-12)10-11-3-4-13-14(7-11)18-6-2-5-17-13/h3-4,7,12,15H,2,5-6,8-10H2,1H3. The highest BCUT2D eigenvalue weighted by Gasteiger charge is 2.21. The van der Waals surface area contributed by atoms with Crippen molar-refractivity contribution in [2.24, 2.45) is 0 Å². The van der Waals surface area contributed by atoms with E-state index in [2.05, 4.69) is 29.4 Å². The van der Waals surface area contributed by atoms with Gasteiger partial charge in [-0.3, -0.25) is 4.90 Å². The minimum atomic E-state index is 0.668. The minimum absolute atomic E-state index is 0.668. The Morgan fingerprint density at radius 2 is 2.00 bits per heavy atom. The van der Waals surface area contributed by atoms with Crippen LogP contribution < -0.4 is 14.8 Å². The second-order valence-electron chi connectivity index (χ2n) is 5.06. The molecule has 3 rings (SSSR count). The van der Waals surface area contributed by atoms with E-state index in [1.165, 1.54) is 5.56 Å². The van der Waals surface area contributed by atoms with Gasteiger partial charge >= 0.3 is 0 Å². The second kappa shape index (κ2) is 5.16. The molecule has 2 aliphatic rings. The van der Waals surface area contributed by atoms with Crippen molar-refractivity contribution >= 4 is 0 Å². The number of nitrogens with zero attached hydrogens (tertiary/aromatic N) is 1. The van der Waals surface area contributed by atoms with E-state index >= 15 is 0 Å². The maximum Gasteiger partial charge on any atom is 0.161 e. The Balaban J connectivity index is 1.70. The molecule has 0 radical (unpaired) electrons. The average molecular weight is 248 g/mol. The van der Waals surface area contributed by atoms with E-state index in [0.29, 0.717) is 6.04 Å². The fourth-order valence-electron chi connectivity index (χ4n) is 2.31. The lowest BCUT2D eigenvalue weighted by atomic mass is 10.1. The van der Waals surface area contributed by atoms with Gasteiger partial charge in [0, 0.05) is 32.1 Å². The quantitative estimate of drug-likeness (QED) is 0.873. The van der Waals surface area contributed by atoms with Gasteiger partial charge in [0.1, 0.15) is 0 Å². The monoisotopic (exact) mass is 248 g/mol. The number of ether oxygens (including phenoxy) is 2. The molecule has 1 N–H and O–H groups in total. The molecule has 0 bridgehead atoms. The van der Waals surface area contributed by atoms with Crippen molar-refractivity contribution in [3.63, 3.8) is 0 Å². The van der Waals surface area contributed by atoms with Crippen molar-refractivity contribution in [1.82, 2.24) is 10.2 Å². The zero-order chi connectivity index (χ0) is 12.4. The summed E-state index contributed by atoms with van der Waals surface area (Å²) in [5.74, 6) is 1.77. The fourth-order valence-corrected chi connectivity index (χ4v) is 2.31. The number of hydrogen-bond acceptors (Lipinski definition) is 4. The van der Waals surface area contributed by atoms with Crippen LogP contribution in [0.15, 0.2) is 18.2 Å². The molecule has 0 spiro atoms. The van der Waals surface area contributed by atoms with Crippen molar-refractivity contribution < 1.29 is 9.47 Å². The van der Waals surface area contributed by atoms with Crippen LogP contribution in [0.5, 0.6) is 11.5 Å². The first-order valence-electron chi connectivity index (χ1n) is 6.62. The van der Waals surface area contributed by atoms with Crippen LogP contribution in [0.2, 0.25) is 0 Å². The first-order valence-corrected chi connectivity index (χ1v) is 6.62. The fraction of sp³-hybridized carbons (Fsp3) is 0.571. The summed E-state index contributed by atoms with van der Waals surface area (Å²) in [6.45, 7) is 4.66. The number of nitrogens with one attached hydrogen (secondary N) is 1. The Hall–Kier alpha value is -1.26. The zero-order valence-electron chi connectivity index (χ0n) is 10.8. The van der Waals surface area contributed by atoms with Crippen molar-refractivity contribution in [2.75, 3.05) is 33.4 Å². The summed E-state index contributed by atoms with van der Waals surface area (Å²) in [6.07, 6.45) is 0.956. The van der Waals surface area contributed by atoms with Crippen molar-refractivity contribution in [2.45, 2.75) is 19.0 Å². The molecule has 0 unspecified atom stereocenters. The van der Waals surface area contributed by atoms with Crippen LogP contribution in [0.1, 0.15) is 12.0 Å². The van der Waals surface area contributed by atoms with Gasteiger partial charge in [-0.15, -0.1) is 0 Å². The molecule has 2 heterocycles. The molecule has 98 valence electrons. The first kappa shape index (κ1) is 11.8. The maximum atomic E-state index is 5.72. The van der Waals surface area contributed by atoms with Gasteiger partial charge in [-0.25, -0.2) is 0 Å². The average Bonchev–Trinajstić information content (AvgIpc) is 2.51. The Morgan fingerprint density at radius 1 is 1.22 bits per heavy atom. The van der Waals surface area contributed by atoms with Gasteiger partial charge < -0.3 is 14.8 Å². The van der Waals surface area contributed by atoms with Gasteiger partial charge in [0.25, 0.3) is 0 Å². The molecule has 1 saturated heterocycles. The smallest absolute Gasteiger partial charge is 0.161 e. The maximum absolute atomic E-state index is 5.72. The molecule has 0 saturated carbocycles. The minimum Gasteiger partial charge on any atom is -0.490 e. The zero-order valence-corrected chi connectivity index (χ0v) is 10.8. The van der Waals surface area contributed by atoms with E-state index in [1.54, 1.807) is 0 Å². The molecular weight excluding hydrogens is 228 g/mol. The van der Waals surface area contributed by atoms with Crippen LogP contribution in [-0.4, -0.2) is 44.3 Å².